The van der Waals surface area contributed by atoms with Gasteiger partial charge in [0, 0.05) is 27.7 Å². The highest BCUT2D eigenvalue weighted by molar-refractivity contribution is 6.31. The SMILES string of the molecule is Cc1c([C@H](C)C(N)=O)c2cc(O)c(F)cc2n1C(=O)c1cccc(Cl)c1. The Labute approximate surface area is 153 Å². The van der Waals surface area contributed by atoms with Crippen LogP contribution in [0.15, 0.2) is 36.4 Å². The number of fused-ring (bicyclic) bond motifs is 1. The molecule has 2 aromatic carbocycles. The Morgan fingerprint density at radius 3 is 2.58 bits per heavy atom. The molecular weight excluding hydrogens is 359 g/mol. The van der Waals surface area contributed by atoms with Crippen molar-refractivity contribution < 1.29 is 19.1 Å². The Morgan fingerprint density at radius 2 is 1.96 bits per heavy atom. The quantitative estimate of drug-likeness (QED) is 0.732. The fraction of sp³-hybridized carbons (Fsp3) is 0.158. The van der Waals surface area contributed by atoms with Crippen molar-refractivity contribution >= 4 is 34.3 Å². The summed E-state index contributed by atoms with van der Waals surface area (Å²) in [5.74, 6) is -3.18. The van der Waals surface area contributed by atoms with Crippen LogP contribution in [0.3, 0.4) is 0 Å². The van der Waals surface area contributed by atoms with Gasteiger partial charge < -0.3 is 10.8 Å². The highest BCUT2D eigenvalue weighted by Crippen LogP contribution is 2.35. The molecule has 3 aromatic rings. The molecule has 3 rings (SSSR count). The van der Waals surface area contributed by atoms with Crippen LogP contribution >= 0.6 is 11.6 Å². The van der Waals surface area contributed by atoms with Crippen molar-refractivity contribution in [2.45, 2.75) is 19.8 Å². The molecule has 1 aromatic heterocycles. The van der Waals surface area contributed by atoms with E-state index in [4.69, 9.17) is 17.3 Å². The number of nitrogens with two attached hydrogens (primary N) is 1. The zero-order valence-corrected chi connectivity index (χ0v) is 14.8. The summed E-state index contributed by atoms with van der Waals surface area (Å²) in [6.07, 6.45) is 0. The zero-order valence-electron chi connectivity index (χ0n) is 14.1. The lowest BCUT2D eigenvalue weighted by atomic mass is 9.97. The van der Waals surface area contributed by atoms with Gasteiger partial charge >= 0.3 is 0 Å². The van der Waals surface area contributed by atoms with Gasteiger partial charge in [-0.3, -0.25) is 14.2 Å². The second-order valence-electron chi connectivity index (χ2n) is 6.09. The minimum absolute atomic E-state index is 0.242. The number of primary amides is 1. The summed E-state index contributed by atoms with van der Waals surface area (Å²) in [6, 6.07) is 8.63. The molecule has 0 unspecified atom stereocenters. The summed E-state index contributed by atoms with van der Waals surface area (Å²) >= 11 is 5.96. The van der Waals surface area contributed by atoms with Crippen LogP contribution in [0, 0.1) is 12.7 Å². The normalized spacial score (nSPS) is 12.3. The minimum atomic E-state index is -0.867. The first-order valence-electron chi connectivity index (χ1n) is 7.85. The third-order valence-electron chi connectivity index (χ3n) is 4.46. The van der Waals surface area contributed by atoms with Crippen LogP contribution in [0.2, 0.25) is 5.02 Å². The minimum Gasteiger partial charge on any atom is -0.505 e. The van der Waals surface area contributed by atoms with Crippen molar-refractivity contribution in [3.8, 4) is 5.75 Å². The van der Waals surface area contributed by atoms with E-state index in [-0.39, 0.29) is 5.52 Å². The second kappa shape index (κ2) is 6.46. The van der Waals surface area contributed by atoms with Crippen LogP contribution in [0.25, 0.3) is 10.9 Å². The number of phenols is 1. The highest BCUT2D eigenvalue weighted by atomic mass is 35.5. The molecule has 0 bridgehead atoms. The lowest BCUT2D eigenvalue weighted by molar-refractivity contribution is -0.119. The van der Waals surface area contributed by atoms with Gasteiger partial charge in [-0.1, -0.05) is 17.7 Å². The Kier molecular flexibility index (Phi) is 4.46. The highest BCUT2D eigenvalue weighted by Gasteiger charge is 2.26. The molecule has 0 aliphatic heterocycles. The van der Waals surface area contributed by atoms with E-state index in [0.29, 0.717) is 27.2 Å². The smallest absolute Gasteiger partial charge is 0.262 e. The molecule has 26 heavy (non-hydrogen) atoms. The van der Waals surface area contributed by atoms with E-state index in [0.717, 1.165) is 6.07 Å². The van der Waals surface area contributed by atoms with Gasteiger partial charge in [0.1, 0.15) is 0 Å². The van der Waals surface area contributed by atoms with E-state index in [9.17, 15) is 19.1 Å². The molecule has 7 heteroatoms. The fourth-order valence-electron chi connectivity index (χ4n) is 3.15. The summed E-state index contributed by atoms with van der Waals surface area (Å²) in [5, 5.41) is 10.5. The predicted octanol–water partition coefficient (Wildman–Crippen LogP) is 3.73. The van der Waals surface area contributed by atoms with E-state index in [1.807, 2.05) is 0 Å². The molecule has 5 nitrogen and oxygen atoms in total. The number of benzene rings is 2. The van der Waals surface area contributed by atoms with Gasteiger partial charge in [-0.15, -0.1) is 0 Å². The van der Waals surface area contributed by atoms with Crippen LogP contribution < -0.4 is 5.73 Å². The van der Waals surface area contributed by atoms with E-state index in [1.54, 1.807) is 32.0 Å². The van der Waals surface area contributed by atoms with Crippen molar-refractivity contribution in [3.05, 3.63) is 64.1 Å². The first kappa shape index (κ1) is 17.9. The molecule has 3 N–H and O–H groups in total. The molecule has 0 spiro atoms. The summed E-state index contributed by atoms with van der Waals surface area (Å²) in [6.45, 7) is 3.24. The third-order valence-corrected chi connectivity index (χ3v) is 4.69. The molecule has 0 saturated heterocycles. The van der Waals surface area contributed by atoms with Gasteiger partial charge in [0.25, 0.3) is 5.91 Å². The zero-order chi connectivity index (χ0) is 19.2. The number of hydrogen-bond acceptors (Lipinski definition) is 3. The van der Waals surface area contributed by atoms with E-state index in [1.165, 1.54) is 16.7 Å². The third kappa shape index (κ3) is 2.82. The lowest BCUT2D eigenvalue weighted by Gasteiger charge is -2.10. The maximum Gasteiger partial charge on any atom is 0.262 e. The largest absolute Gasteiger partial charge is 0.505 e. The predicted molar refractivity (Wildman–Crippen MR) is 97.1 cm³/mol. The number of rotatable bonds is 3. The molecule has 0 fully saturated rings. The van der Waals surface area contributed by atoms with Crippen molar-refractivity contribution in [1.29, 1.82) is 0 Å². The Hall–Kier alpha value is -2.86. The van der Waals surface area contributed by atoms with Gasteiger partial charge in [-0.25, -0.2) is 4.39 Å². The van der Waals surface area contributed by atoms with E-state index < -0.39 is 29.3 Å². The number of halogens is 2. The maximum absolute atomic E-state index is 14.0. The molecule has 1 atom stereocenters. The molecule has 1 heterocycles. The molecule has 1 amide bonds. The molecule has 0 aliphatic rings. The van der Waals surface area contributed by atoms with Crippen molar-refractivity contribution in [3.63, 3.8) is 0 Å². The van der Waals surface area contributed by atoms with Gasteiger partial charge in [0.05, 0.1) is 11.4 Å². The van der Waals surface area contributed by atoms with E-state index >= 15 is 0 Å². The first-order valence-corrected chi connectivity index (χ1v) is 8.23. The number of carbonyl (C=O) groups is 2. The topological polar surface area (TPSA) is 85.3 Å². The monoisotopic (exact) mass is 374 g/mol. The lowest BCUT2D eigenvalue weighted by Crippen LogP contribution is -2.20. The summed E-state index contributed by atoms with van der Waals surface area (Å²) < 4.78 is 15.3. The van der Waals surface area contributed by atoms with Crippen molar-refractivity contribution in [1.82, 2.24) is 4.57 Å². The van der Waals surface area contributed by atoms with Crippen LogP contribution in [0.4, 0.5) is 4.39 Å². The summed E-state index contributed by atoms with van der Waals surface area (Å²) in [7, 11) is 0. The Balaban J connectivity index is 2.35. The second-order valence-corrected chi connectivity index (χ2v) is 6.53. The number of aromatic hydroxyl groups is 1. The van der Waals surface area contributed by atoms with Crippen LogP contribution in [-0.2, 0) is 4.79 Å². The van der Waals surface area contributed by atoms with Gasteiger partial charge in [-0.05, 0) is 43.7 Å². The number of phenolic OH excluding ortho intramolecular Hbond substituents is 1. The first-order chi connectivity index (χ1) is 12.2. The average molecular weight is 375 g/mol. The summed E-state index contributed by atoms with van der Waals surface area (Å²) in [5.41, 5.74) is 6.89. The fourth-order valence-corrected chi connectivity index (χ4v) is 3.34. The van der Waals surface area contributed by atoms with Gasteiger partial charge in [-0.2, -0.15) is 0 Å². The maximum atomic E-state index is 14.0. The van der Waals surface area contributed by atoms with Crippen molar-refractivity contribution in [2.75, 3.05) is 0 Å². The number of amides is 1. The number of hydrogen-bond donors (Lipinski definition) is 2. The standard InChI is InChI=1S/C19H16ClFN2O3/c1-9(18(22)25)17-10(2)23(15-8-14(21)16(24)7-13(15)17)19(26)11-4-3-5-12(20)6-11/h3-9,24H,1-2H3,(H2,22,25)/t9-/m0/s1. The van der Waals surface area contributed by atoms with E-state index in [2.05, 4.69) is 0 Å². The van der Waals surface area contributed by atoms with Gasteiger partial charge in [0.15, 0.2) is 11.6 Å². The van der Waals surface area contributed by atoms with Gasteiger partial charge in [0.2, 0.25) is 5.91 Å². The van der Waals surface area contributed by atoms with Crippen LogP contribution in [0.1, 0.15) is 34.5 Å². The molecule has 134 valence electrons. The van der Waals surface area contributed by atoms with Crippen LogP contribution in [0.5, 0.6) is 5.75 Å². The number of aromatic nitrogens is 1. The molecule has 0 saturated carbocycles. The molecule has 0 radical (unpaired) electrons. The Morgan fingerprint density at radius 1 is 1.27 bits per heavy atom. The number of nitrogens with zero attached hydrogens (tertiary/aromatic N) is 1. The Bertz CT molecular complexity index is 1060. The molecule has 0 aliphatic carbocycles. The van der Waals surface area contributed by atoms with Crippen LogP contribution in [-0.4, -0.2) is 21.5 Å². The van der Waals surface area contributed by atoms with Crippen molar-refractivity contribution in [2.24, 2.45) is 5.73 Å². The number of carbonyl (C=O) groups excluding carboxylic acids is 2. The summed E-state index contributed by atoms with van der Waals surface area (Å²) in [4.78, 5) is 24.8. The molecular formula is C19H16ClFN2O3. The average Bonchev–Trinajstić information content (AvgIpc) is 2.85.